The van der Waals surface area contributed by atoms with E-state index in [1.54, 1.807) is 5.01 Å². The molecule has 0 spiro atoms. The fraction of sp³-hybridized carbons (Fsp3) is 0.875. The smallest absolute Gasteiger partial charge is 0.347 e. The van der Waals surface area contributed by atoms with Gasteiger partial charge in [0, 0.05) is 19.0 Å². The van der Waals surface area contributed by atoms with Crippen LogP contribution in [0.3, 0.4) is 0 Å². The Bertz CT molecular complexity index is 224. The van der Waals surface area contributed by atoms with Crippen molar-refractivity contribution in [2.75, 3.05) is 19.6 Å². The van der Waals surface area contributed by atoms with Gasteiger partial charge in [0.25, 0.3) is 0 Å². The van der Waals surface area contributed by atoms with Gasteiger partial charge in [0.1, 0.15) is 6.54 Å². The molecule has 0 unspecified atom stereocenters. The highest BCUT2D eigenvalue weighted by molar-refractivity contribution is 5.78. The van der Waals surface area contributed by atoms with Crippen LogP contribution in [0, 0.1) is 5.92 Å². The highest BCUT2D eigenvalue weighted by Gasteiger charge is 2.30. The van der Waals surface area contributed by atoms with E-state index >= 15 is 0 Å². The lowest BCUT2D eigenvalue weighted by molar-refractivity contribution is -0.141. The van der Waals surface area contributed by atoms with Gasteiger partial charge in [-0.2, -0.15) is 13.2 Å². The second-order valence-corrected chi connectivity index (χ2v) is 3.64. The minimum Gasteiger partial charge on any atom is -0.347 e. The Morgan fingerprint density at radius 2 is 1.93 bits per heavy atom. The molecular formula is C8H14F3N3O. The van der Waals surface area contributed by atoms with Crippen molar-refractivity contribution in [3.63, 3.8) is 0 Å². The maximum Gasteiger partial charge on any atom is 0.405 e. The van der Waals surface area contributed by atoms with Crippen molar-refractivity contribution < 1.29 is 18.0 Å². The molecule has 0 aromatic carbocycles. The Kier molecular flexibility index (Phi) is 3.92. The Morgan fingerprint density at radius 3 is 2.40 bits per heavy atom. The number of rotatable bonds is 2. The van der Waals surface area contributed by atoms with Gasteiger partial charge >= 0.3 is 6.18 Å². The fourth-order valence-electron chi connectivity index (χ4n) is 1.49. The molecule has 1 aliphatic rings. The van der Waals surface area contributed by atoms with Crippen LogP contribution in [0.2, 0.25) is 0 Å². The van der Waals surface area contributed by atoms with Crippen LogP contribution < -0.4 is 11.2 Å². The summed E-state index contributed by atoms with van der Waals surface area (Å²) < 4.78 is 35.4. The Balaban J connectivity index is 2.29. The summed E-state index contributed by atoms with van der Waals surface area (Å²) in [4.78, 5) is 11.3. The van der Waals surface area contributed by atoms with E-state index in [0.717, 1.165) is 0 Å². The summed E-state index contributed by atoms with van der Waals surface area (Å²) in [5.74, 6) is 4.59. The van der Waals surface area contributed by atoms with Crippen LogP contribution in [-0.4, -0.2) is 36.7 Å². The maximum atomic E-state index is 11.8. The van der Waals surface area contributed by atoms with E-state index < -0.39 is 18.6 Å². The van der Waals surface area contributed by atoms with Gasteiger partial charge in [0.2, 0.25) is 5.91 Å². The number of carbonyl (C=O) groups excluding carboxylic acids is 1. The molecule has 15 heavy (non-hydrogen) atoms. The summed E-state index contributed by atoms with van der Waals surface area (Å²) in [7, 11) is 0. The van der Waals surface area contributed by atoms with Crippen molar-refractivity contribution in [2.45, 2.75) is 19.0 Å². The minimum atomic E-state index is -4.34. The molecule has 7 heteroatoms. The quantitative estimate of drug-likeness (QED) is 0.662. The molecule has 0 radical (unpaired) electrons. The Labute approximate surface area is 85.6 Å². The van der Waals surface area contributed by atoms with Gasteiger partial charge in [-0.25, -0.2) is 5.01 Å². The number of amides is 1. The number of halogens is 3. The molecule has 3 N–H and O–H groups in total. The van der Waals surface area contributed by atoms with Crippen molar-refractivity contribution in [3.8, 4) is 0 Å². The summed E-state index contributed by atoms with van der Waals surface area (Å²) in [6.07, 6.45) is -3.31. The van der Waals surface area contributed by atoms with Crippen molar-refractivity contribution in [3.05, 3.63) is 0 Å². The molecule has 0 aliphatic carbocycles. The SMILES string of the molecule is NN1CCC(C(=O)NCC(F)(F)F)CC1. The molecule has 1 amide bonds. The lowest BCUT2D eigenvalue weighted by atomic mass is 9.97. The van der Waals surface area contributed by atoms with Crippen LogP contribution in [-0.2, 0) is 4.79 Å². The number of carbonyl (C=O) groups is 1. The van der Waals surface area contributed by atoms with Crippen LogP contribution in [0.25, 0.3) is 0 Å². The Hall–Kier alpha value is -0.820. The number of nitrogens with one attached hydrogen (secondary N) is 1. The number of piperidine rings is 1. The van der Waals surface area contributed by atoms with Gasteiger partial charge < -0.3 is 5.32 Å². The number of hydrogen-bond donors (Lipinski definition) is 2. The monoisotopic (exact) mass is 225 g/mol. The third-order valence-corrected chi connectivity index (χ3v) is 2.36. The van der Waals surface area contributed by atoms with Gasteiger partial charge in [0.05, 0.1) is 0 Å². The van der Waals surface area contributed by atoms with Crippen LogP contribution >= 0.6 is 0 Å². The number of nitrogens with zero attached hydrogens (tertiary/aromatic N) is 1. The van der Waals surface area contributed by atoms with E-state index in [0.29, 0.717) is 25.9 Å². The van der Waals surface area contributed by atoms with Crippen molar-refractivity contribution in [2.24, 2.45) is 11.8 Å². The molecule has 1 rings (SSSR count). The second kappa shape index (κ2) is 4.80. The number of nitrogens with two attached hydrogens (primary N) is 1. The lowest BCUT2D eigenvalue weighted by Gasteiger charge is -2.27. The predicted molar refractivity (Wildman–Crippen MR) is 47.5 cm³/mol. The molecule has 1 aliphatic heterocycles. The third kappa shape index (κ3) is 4.48. The van der Waals surface area contributed by atoms with Crippen molar-refractivity contribution >= 4 is 5.91 Å². The zero-order chi connectivity index (χ0) is 11.5. The van der Waals surface area contributed by atoms with E-state index in [-0.39, 0.29) is 5.92 Å². The second-order valence-electron chi connectivity index (χ2n) is 3.64. The zero-order valence-electron chi connectivity index (χ0n) is 8.18. The summed E-state index contributed by atoms with van der Waals surface area (Å²) in [5, 5.41) is 3.45. The summed E-state index contributed by atoms with van der Waals surface area (Å²) >= 11 is 0. The number of hydrazine groups is 1. The topological polar surface area (TPSA) is 58.4 Å². The first kappa shape index (κ1) is 12.3. The molecule has 0 aromatic rings. The van der Waals surface area contributed by atoms with E-state index in [2.05, 4.69) is 0 Å². The van der Waals surface area contributed by atoms with Crippen LogP contribution in [0.4, 0.5) is 13.2 Å². The lowest BCUT2D eigenvalue weighted by Crippen LogP contribution is -2.45. The first-order valence-corrected chi connectivity index (χ1v) is 4.72. The average molecular weight is 225 g/mol. The molecule has 0 atom stereocenters. The highest BCUT2D eigenvalue weighted by Crippen LogP contribution is 2.17. The van der Waals surface area contributed by atoms with Crippen LogP contribution in [0.5, 0.6) is 0 Å². The fourth-order valence-corrected chi connectivity index (χ4v) is 1.49. The summed E-state index contributed by atoms with van der Waals surface area (Å²) in [6, 6.07) is 0. The molecule has 0 bridgehead atoms. The molecule has 0 aromatic heterocycles. The van der Waals surface area contributed by atoms with Gasteiger partial charge in [-0.3, -0.25) is 10.6 Å². The van der Waals surface area contributed by atoms with E-state index in [1.165, 1.54) is 0 Å². The largest absolute Gasteiger partial charge is 0.405 e. The molecule has 88 valence electrons. The maximum absolute atomic E-state index is 11.8. The molecule has 1 fully saturated rings. The third-order valence-electron chi connectivity index (χ3n) is 2.36. The van der Waals surface area contributed by atoms with Gasteiger partial charge in [-0.15, -0.1) is 0 Å². The van der Waals surface area contributed by atoms with Crippen molar-refractivity contribution in [1.29, 1.82) is 0 Å². The average Bonchev–Trinajstić information content (AvgIpc) is 2.14. The summed E-state index contributed by atoms with van der Waals surface area (Å²) in [5.41, 5.74) is 0. The molecular weight excluding hydrogens is 211 g/mol. The van der Waals surface area contributed by atoms with E-state index in [1.807, 2.05) is 5.32 Å². The van der Waals surface area contributed by atoms with E-state index in [4.69, 9.17) is 5.84 Å². The van der Waals surface area contributed by atoms with Crippen LogP contribution in [0.1, 0.15) is 12.8 Å². The highest BCUT2D eigenvalue weighted by atomic mass is 19.4. The number of alkyl halides is 3. The first-order chi connectivity index (χ1) is 6.88. The molecule has 4 nitrogen and oxygen atoms in total. The molecule has 1 heterocycles. The predicted octanol–water partition coefficient (Wildman–Crippen LogP) is 0.251. The van der Waals surface area contributed by atoms with Crippen molar-refractivity contribution in [1.82, 2.24) is 10.3 Å². The van der Waals surface area contributed by atoms with Gasteiger partial charge in [-0.05, 0) is 12.8 Å². The zero-order valence-corrected chi connectivity index (χ0v) is 8.18. The number of hydrogen-bond acceptors (Lipinski definition) is 3. The van der Waals surface area contributed by atoms with E-state index in [9.17, 15) is 18.0 Å². The molecule has 1 saturated heterocycles. The molecule has 0 saturated carbocycles. The minimum absolute atomic E-state index is 0.341. The Morgan fingerprint density at radius 1 is 1.40 bits per heavy atom. The van der Waals surface area contributed by atoms with Gasteiger partial charge in [0.15, 0.2) is 0 Å². The van der Waals surface area contributed by atoms with Gasteiger partial charge in [-0.1, -0.05) is 0 Å². The standard InChI is InChI=1S/C8H14F3N3O/c9-8(10,11)5-13-7(15)6-1-3-14(12)4-2-6/h6H,1-5,12H2,(H,13,15). The van der Waals surface area contributed by atoms with Crippen LogP contribution in [0.15, 0.2) is 0 Å². The summed E-state index contributed by atoms with van der Waals surface area (Å²) in [6.45, 7) is -0.164. The first-order valence-electron chi connectivity index (χ1n) is 4.72. The normalized spacial score (nSPS) is 20.3.